The van der Waals surface area contributed by atoms with Gasteiger partial charge in [-0.25, -0.2) is 12.8 Å². The predicted molar refractivity (Wildman–Crippen MR) is 135 cm³/mol. The van der Waals surface area contributed by atoms with Gasteiger partial charge in [0.2, 0.25) is 16.6 Å². The zero-order valence-electron chi connectivity index (χ0n) is 19.6. The van der Waals surface area contributed by atoms with Gasteiger partial charge in [-0.3, -0.25) is 9.10 Å². The van der Waals surface area contributed by atoms with Crippen LogP contribution in [0.5, 0.6) is 0 Å². The van der Waals surface area contributed by atoms with Crippen LogP contribution in [0.15, 0.2) is 59.0 Å². The second kappa shape index (κ2) is 10.6. The fraction of sp³-hybridized carbons (Fsp3) is 0.192. The van der Waals surface area contributed by atoms with E-state index in [1.54, 1.807) is 24.3 Å². The first-order valence-corrected chi connectivity index (χ1v) is 12.3. The summed E-state index contributed by atoms with van der Waals surface area (Å²) in [5.41, 5.74) is 2.73. The highest BCUT2D eigenvalue weighted by Gasteiger charge is 2.25. The molecule has 2 aromatic carbocycles. The first-order chi connectivity index (χ1) is 17.4. The number of carbonyl (C=O) groups is 1. The molecule has 8 nitrogen and oxygen atoms in total. The van der Waals surface area contributed by atoms with Gasteiger partial charge in [-0.2, -0.15) is 10.2 Å². The summed E-state index contributed by atoms with van der Waals surface area (Å²) in [6, 6.07) is 16.3. The number of nitriles is 1. The predicted octanol–water partition coefficient (Wildman–Crippen LogP) is 4.00. The Hall–Kier alpha value is -4.23. The molecule has 0 spiro atoms. The van der Waals surface area contributed by atoms with Gasteiger partial charge < -0.3 is 9.73 Å². The third kappa shape index (κ3) is 4.92. The van der Waals surface area contributed by atoms with Gasteiger partial charge in [0, 0.05) is 19.2 Å². The van der Waals surface area contributed by atoms with Crippen LogP contribution in [0.25, 0.3) is 22.4 Å². The summed E-state index contributed by atoms with van der Waals surface area (Å²) in [6.07, 6.45) is 0.816. The maximum absolute atomic E-state index is 13.5. The van der Waals surface area contributed by atoms with Crippen LogP contribution >= 0.6 is 0 Å². The Morgan fingerprint density at radius 1 is 1.19 bits per heavy atom. The van der Waals surface area contributed by atoms with E-state index in [0.29, 0.717) is 34.9 Å². The number of nitrogens with one attached hydrogen (secondary N) is 1. The van der Waals surface area contributed by atoms with Crippen LogP contribution < -0.4 is 9.62 Å². The second-order valence-electron chi connectivity index (χ2n) is 7.99. The van der Waals surface area contributed by atoms with Crippen molar-refractivity contribution in [1.29, 1.82) is 5.26 Å². The fourth-order valence-corrected chi connectivity index (χ4v) is 4.58. The number of rotatable bonds is 8. The largest absolute Gasteiger partial charge is 0.437 e. The molecule has 0 atom stereocenters. The monoisotopic (exact) mass is 506 g/mol. The number of furan rings is 1. The van der Waals surface area contributed by atoms with Crippen molar-refractivity contribution in [2.24, 2.45) is 0 Å². The maximum Gasteiger partial charge on any atom is 0.255 e. The lowest BCUT2D eigenvalue weighted by atomic mass is 10.0. The molecule has 0 aliphatic heterocycles. The summed E-state index contributed by atoms with van der Waals surface area (Å²) >= 11 is 0. The lowest BCUT2D eigenvalue weighted by molar-refractivity contribution is 0.0964. The third-order valence-corrected chi connectivity index (χ3v) is 6.57. The molecular weight excluding hydrogens is 483 g/mol. The van der Waals surface area contributed by atoms with Gasteiger partial charge in [0.1, 0.15) is 17.4 Å². The smallest absolute Gasteiger partial charge is 0.255 e. The molecule has 0 aliphatic carbocycles. The van der Waals surface area contributed by atoms with E-state index in [1.807, 2.05) is 13.0 Å². The number of pyridine rings is 1. The van der Waals surface area contributed by atoms with Crippen molar-refractivity contribution in [3.8, 4) is 17.4 Å². The zero-order valence-corrected chi connectivity index (χ0v) is 20.5. The Labute approximate surface area is 209 Å². The van der Waals surface area contributed by atoms with E-state index in [2.05, 4.69) is 16.4 Å². The van der Waals surface area contributed by atoms with E-state index in [0.717, 1.165) is 5.56 Å². The molecule has 0 saturated heterocycles. The first-order valence-electron chi connectivity index (χ1n) is 11.2. The fourth-order valence-electron chi connectivity index (χ4n) is 3.99. The Bertz CT molecular complexity index is 1550. The van der Waals surface area contributed by atoms with Gasteiger partial charge in [0.05, 0.1) is 22.6 Å². The molecule has 1 amide bonds. The summed E-state index contributed by atoms with van der Waals surface area (Å²) < 4.78 is 45.2. The first kappa shape index (κ1) is 24.9. The van der Waals surface area contributed by atoms with E-state index in [9.17, 15) is 17.6 Å². The number of fused-ring (bicyclic) bond motifs is 1. The lowest BCUT2D eigenvalue weighted by Crippen LogP contribution is -2.26. The molecule has 0 fully saturated rings. The minimum Gasteiger partial charge on any atom is -0.437 e. The Kier molecular flexibility index (Phi) is 7.31. The van der Waals surface area contributed by atoms with Crippen molar-refractivity contribution < 1.29 is 22.0 Å². The SMILES string of the molecule is CCc1cc2c(C(=O)NC)c(-c3ccc(F)cc3)oc2nc1N(CCc1cccc(C#N)c1)[SH](=O)=O. The van der Waals surface area contributed by atoms with Crippen molar-refractivity contribution >= 4 is 33.7 Å². The summed E-state index contributed by atoms with van der Waals surface area (Å²) in [5, 5.41) is 12.1. The molecule has 36 heavy (non-hydrogen) atoms. The topological polar surface area (TPSA) is 116 Å². The van der Waals surface area contributed by atoms with Crippen molar-refractivity contribution in [2.75, 3.05) is 17.9 Å². The van der Waals surface area contributed by atoms with Crippen LogP contribution in [0.1, 0.15) is 34.0 Å². The van der Waals surface area contributed by atoms with Gasteiger partial charge in [0.25, 0.3) is 5.91 Å². The molecule has 1 N–H and O–H groups in total. The van der Waals surface area contributed by atoms with Crippen LogP contribution in [0, 0.1) is 17.1 Å². The van der Waals surface area contributed by atoms with Crippen LogP contribution in [-0.2, 0) is 23.7 Å². The number of thiol groups is 1. The van der Waals surface area contributed by atoms with E-state index in [1.165, 1.54) is 35.6 Å². The average Bonchev–Trinajstić information content (AvgIpc) is 3.26. The number of halogens is 1. The average molecular weight is 507 g/mol. The number of nitrogens with zero attached hydrogens (tertiary/aromatic N) is 3. The molecule has 0 saturated carbocycles. The van der Waals surface area contributed by atoms with E-state index in [-0.39, 0.29) is 29.4 Å². The van der Waals surface area contributed by atoms with Gasteiger partial charge in [0.15, 0.2) is 0 Å². The number of aryl methyl sites for hydroxylation is 1. The van der Waals surface area contributed by atoms with Crippen LogP contribution in [0.4, 0.5) is 10.2 Å². The summed E-state index contributed by atoms with van der Waals surface area (Å²) in [7, 11) is -1.56. The van der Waals surface area contributed by atoms with Gasteiger partial charge in [-0.1, -0.05) is 19.1 Å². The third-order valence-electron chi connectivity index (χ3n) is 5.79. The number of hydrogen-bond donors (Lipinski definition) is 2. The highest BCUT2D eigenvalue weighted by Crippen LogP contribution is 2.36. The van der Waals surface area contributed by atoms with Crippen LogP contribution in [0.3, 0.4) is 0 Å². The van der Waals surface area contributed by atoms with Crippen molar-refractivity contribution in [3.63, 3.8) is 0 Å². The lowest BCUT2D eigenvalue weighted by Gasteiger charge is -2.19. The van der Waals surface area contributed by atoms with E-state index >= 15 is 0 Å². The number of benzene rings is 2. The van der Waals surface area contributed by atoms with Crippen LogP contribution in [-0.4, -0.2) is 32.9 Å². The molecule has 0 bridgehead atoms. The zero-order chi connectivity index (χ0) is 25.8. The normalized spacial score (nSPS) is 11.0. The molecule has 0 aliphatic rings. The molecule has 2 heterocycles. The number of amides is 1. The van der Waals surface area contributed by atoms with Gasteiger partial charge in [-0.15, -0.1) is 0 Å². The molecule has 0 radical (unpaired) electrons. The number of carbonyl (C=O) groups excluding carboxylic acids is 1. The standard InChI is InChI=1S/C26H23FN4O4S/c1-3-18-14-21-22(25(32)29-2)23(19-7-9-20(27)10-8-19)35-26(21)30-24(18)31(36(33)34)12-11-16-5-4-6-17(13-16)15-28/h4-10,13-14,36H,3,11-12H2,1-2H3,(H,29,32). The number of aromatic nitrogens is 1. The van der Waals surface area contributed by atoms with Crippen molar-refractivity contribution in [3.05, 3.63) is 82.7 Å². The molecule has 4 rings (SSSR count). The summed E-state index contributed by atoms with van der Waals surface area (Å²) in [4.78, 5) is 17.3. The molecule has 184 valence electrons. The van der Waals surface area contributed by atoms with Crippen molar-refractivity contribution in [1.82, 2.24) is 10.3 Å². The second-order valence-corrected chi connectivity index (χ2v) is 8.95. The quantitative estimate of drug-likeness (QED) is 0.349. The molecule has 4 aromatic rings. The van der Waals surface area contributed by atoms with E-state index < -0.39 is 22.6 Å². The summed E-state index contributed by atoms with van der Waals surface area (Å²) in [5.74, 6) is -0.420. The van der Waals surface area contributed by atoms with Gasteiger partial charge in [-0.05, 0) is 66.4 Å². The minimum absolute atomic E-state index is 0.0912. The highest BCUT2D eigenvalue weighted by atomic mass is 32.2. The Morgan fingerprint density at radius 3 is 2.58 bits per heavy atom. The Balaban J connectivity index is 1.82. The Morgan fingerprint density at radius 2 is 1.94 bits per heavy atom. The molecule has 10 heteroatoms. The van der Waals surface area contributed by atoms with E-state index in [4.69, 9.17) is 9.68 Å². The number of anilines is 1. The minimum atomic E-state index is -3.05. The molecular formula is C26H23FN4O4S. The van der Waals surface area contributed by atoms with Crippen LogP contribution in [0.2, 0.25) is 0 Å². The maximum atomic E-state index is 13.5. The van der Waals surface area contributed by atoms with Crippen molar-refractivity contribution in [2.45, 2.75) is 19.8 Å². The highest BCUT2D eigenvalue weighted by molar-refractivity contribution is 7.74. The number of hydrogen-bond acceptors (Lipinski definition) is 6. The summed E-state index contributed by atoms with van der Waals surface area (Å²) in [6.45, 7) is 1.96. The molecule has 2 aromatic heterocycles. The molecule has 0 unspecified atom stereocenters. The van der Waals surface area contributed by atoms with Gasteiger partial charge >= 0.3 is 0 Å².